The molecule has 0 aromatic heterocycles. The van der Waals surface area contributed by atoms with E-state index in [9.17, 15) is 19.5 Å². The molecule has 1 aromatic rings. The molecule has 1 heterocycles. The van der Waals surface area contributed by atoms with E-state index in [1.807, 2.05) is 0 Å². The van der Waals surface area contributed by atoms with E-state index in [1.165, 1.54) is 0 Å². The number of carbonyl (C=O) groups excluding carboxylic acids is 2. The molecule has 1 saturated heterocycles. The van der Waals surface area contributed by atoms with Gasteiger partial charge in [0.2, 0.25) is 0 Å². The fourth-order valence-corrected chi connectivity index (χ4v) is 2.67. The molecule has 1 aliphatic heterocycles. The number of likely N-dealkylation sites (tertiary alicyclic amines) is 1. The molecule has 0 radical (unpaired) electrons. The molecule has 2 amide bonds. The van der Waals surface area contributed by atoms with Crippen LogP contribution in [-0.4, -0.2) is 59.0 Å². The number of nitrogens with one attached hydrogen (secondary N) is 1. The first-order valence-corrected chi connectivity index (χ1v) is 8.37. The molecule has 2 atom stereocenters. The minimum absolute atomic E-state index is 0.0560. The van der Waals surface area contributed by atoms with Gasteiger partial charge in [0, 0.05) is 13.0 Å². The molecule has 8 heteroatoms. The van der Waals surface area contributed by atoms with Crippen LogP contribution < -0.4 is 5.32 Å². The predicted molar refractivity (Wildman–Crippen MR) is 93.0 cm³/mol. The number of ether oxygens (including phenoxy) is 2. The number of carboxylic acid groups (broad SMARTS) is 1. The first-order chi connectivity index (χ1) is 12.1. The van der Waals surface area contributed by atoms with Crippen molar-refractivity contribution in [3.8, 4) is 0 Å². The van der Waals surface area contributed by atoms with Crippen LogP contribution in [0.25, 0.3) is 0 Å². The highest BCUT2D eigenvalue weighted by Gasteiger charge is 2.34. The second kappa shape index (κ2) is 8.07. The van der Waals surface area contributed by atoms with E-state index < -0.39 is 35.9 Å². The van der Waals surface area contributed by atoms with Crippen LogP contribution in [0.3, 0.4) is 0 Å². The molecular weight excluding hydrogens is 340 g/mol. The minimum atomic E-state index is -1.14. The molecule has 8 nitrogen and oxygen atoms in total. The van der Waals surface area contributed by atoms with Gasteiger partial charge in [0.1, 0.15) is 11.7 Å². The molecule has 0 spiro atoms. The third-order valence-corrected chi connectivity index (χ3v) is 3.69. The quantitative estimate of drug-likeness (QED) is 0.799. The van der Waals surface area contributed by atoms with Crippen LogP contribution in [0.5, 0.6) is 0 Å². The van der Waals surface area contributed by atoms with Gasteiger partial charge in [0.15, 0.2) is 0 Å². The van der Waals surface area contributed by atoms with Crippen molar-refractivity contribution >= 4 is 18.2 Å². The minimum Gasteiger partial charge on any atom is -0.465 e. The van der Waals surface area contributed by atoms with Gasteiger partial charge in [-0.2, -0.15) is 0 Å². The normalized spacial score (nSPS) is 20.2. The van der Waals surface area contributed by atoms with Gasteiger partial charge < -0.3 is 24.8 Å². The first-order valence-electron chi connectivity index (χ1n) is 8.37. The summed E-state index contributed by atoms with van der Waals surface area (Å²) < 4.78 is 10.6. The molecule has 26 heavy (non-hydrogen) atoms. The molecule has 142 valence electrons. The van der Waals surface area contributed by atoms with Crippen molar-refractivity contribution in [1.29, 1.82) is 0 Å². The second-order valence-electron chi connectivity index (χ2n) is 7.16. The highest BCUT2D eigenvalue weighted by atomic mass is 16.6. The van der Waals surface area contributed by atoms with Crippen molar-refractivity contribution in [3.63, 3.8) is 0 Å². The molecule has 0 aliphatic carbocycles. The average molecular weight is 364 g/mol. The van der Waals surface area contributed by atoms with Gasteiger partial charge in [-0.05, 0) is 32.9 Å². The highest BCUT2D eigenvalue weighted by molar-refractivity contribution is 5.89. The maximum absolute atomic E-state index is 12.2. The molecule has 1 aliphatic rings. The topological polar surface area (TPSA) is 105 Å². The third kappa shape index (κ3) is 5.94. The smallest absolute Gasteiger partial charge is 0.407 e. The van der Waals surface area contributed by atoms with Gasteiger partial charge in [-0.15, -0.1) is 0 Å². The summed E-state index contributed by atoms with van der Waals surface area (Å²) in [6.07, 6.45) is -2.13. The Bertz CT molecular complexity index is 655. The number of hydrogen-bond acceptors (Lipinski definition) is 5. The Morgan fingerprint density at radius 2 is 1.81 bits per heavy atom. The number of esters is 1. The molecule has 2 rings (SSSR count). The number of hydrogen-bond donors (Lipinski definition) is 2. The third-order valence-electron chi connectivity index (χ3n) is 3.69. The number of rotatable bonds is 3. The van der Waals surface area contributed by atoms with Crippen molar-refractivity contribution in [2.75, 3.05) is 13.1 Å². The molecule has 2 N–H and O–H groups in total. The lowest BCUT2D eigenvalue weighted by Crippen LogP contribution is -2.55. The van der Waals surface area contributed by atoms with Crippen LogP contribution >= 0.6 is 0 Å². The fourth-order valence-electron chi connectivity index (χ4n) is 2.67. The molecule has 1 aromatic carbocycles. The highest BCUT2D eigenvalue weighted by Crippen LogP contribution is 2.17. The van der Waals surface area contributed by atoms with E-state index in [2.05, 4.69) is 5.32 Å². The summed E-state index contributed by atoms with van der Waals surface area (Å²) in [6.45, 7) is 5.37. The summed E-state index contributed by atoms with van der Waals surface area (Å²) in [5.41, 5.74) is -0.277. The number of carbonyl (C=O) groups is 3. The number of amides is 2. The Balaban J connectivity index is 2.01. The van der Waals surface area contributed by atoms with Gasteiger partial charge in [0.05, 0.1) is 18.2 Å². The van der Waals surface area contributed by atoms with Gasteiger partial charge in [-0.25, -0.2) is 14.4 Å². The number of benzene rings is 1. The maximum Gasteiger partial charge on any atom is 0.407 e. The SMILES string of the molecule is CC(C)(C)OC(=O)NC1CC(OC(=O)c2ccccc2)CN(C(=O)O)C1. The van der Waals surface area contributed by atoms with Gasteiger partial charge in [0.25, 0.3) is 0 Å². The molecule has 1 fully saturated rings. The van der Waals surface area contributed by atoms with Crippen LogP contribution in [0.1, 0.15) is 37.6 Å². The maximum atomic E-state index is 12.2. The van der Waals surface area contributed by atoms with Gasteiger partial charge in [-0.1, -0.05) is 18.2 Å². The standard InChI is InChI=1S/C18H24N2O6/c1-18(2,3)26-16(22)19-13-9-14(11-20(10-13)17(23)24)25-15(21)12-7-5-4-6-8-12/h4-8,13-14H,9-11H2,1-3H3,(H,19,22)(H,23,24). The van der Waals surface area contributed by atoms with Crippen LogP contribution in [-0.2, 0) is 9.47 Å². The first kappa shape index (κ1) is 19.6. The molecule has 0 saturated carbocycles. The summed E-state index contributed by atoms with van der Waals surface area (Å²) in [5, 5.41) is 11.9. The summed E-state index contributed by atoms with van der Waals surface area (Å²) in [4.78, 5) is 36.6. The summed E-state index contributed by atoms with van der Waals surface area (Å²) >= 11 is 0. The molecule has 2 unspecified atom stereocenters. The Morgan fingerprint density at radius 3 is 2.38 bits per heavy atom. The van der Waals surface area contributed by atoms with Crippen LogP contribution in [0.4, 0.5) is 9.59 Å². The lowest BCUT2D eigenvalue weighted by atomic mass is 10.0. The number of nitrogens with zero attached hydrogens (tertiary/aromatic N) is 1. The van der Waals surface area contributed by atoms with Crippen LogP contribution in [0.15, 0.2) is 30.3 Å². The van der Waals surface area contributed by atoms with Gasteiger partial charge in [-0.3, -0.25) is 0 Å². The van der Waals surface area contributed by atoms with E-state index in [1.54, 1.807) is 51.1 Å². The Morgan fingerprint density at radius 1 is 1.15 bits per heavy atom. The summed E-state index contributed by atoms with van der Waals surface area (Å²) in [7, 11) is 0. The van der Waals surface area contributed by atoms with E-state index in [-0.39, 0.29) is 13.1 Å². The van der Waals surface area contributed by atoms with Crippen molar-refractivity contribution < 1.29 is 29.0 Å². The van der Waals surface area contributed by atoms with Crippen molar-refractivity contribution in [2.45, 2.75) is 44.9 Å². The van der Waals surface area contributed by atoms with E-state index in [4.69, 9.17) is 9.47 Å². The summed E-state index contributed by atoms with van der Waals surface area (Å²) in [5.74, 6) is -0.529. The Kier molecular flexibility index (Phi) is 6.07. The zero-order chi connectivity index (χ0) is 19.3. The lowest BCUT2D eigenvalue weighted by molar-refractivity contribution is -0.0000235. The molecular formula is C18H24N2O6. The second-order valence-corrected chi connectivity index (χ2v) is 7.16. The Labute approximate surface area is 152 Å². The van der Waals surface area contributed by atoms with Crippen molar-refractivity contribution in [2.24, 2.45) is 0 Å². The zero-order valence-electron chi connectivity index (χ0n) is 15.1. The largest absolute Gasteiger partial charge is 0.465 e. The average Bonchev–Trinajstić information content (AvgIpc) is 2.53. The monoisotopic (exact) mass is 364 g/mol. The van der Waals surface area contributed by atoms with Crippen LogP contribution in [0, 0.1) is 0 Å². The zero-order valence-corrected chi connectivity index (χ0v) is 15.1. The van der Waals surface area contributed by atoms with E-state index >= 15 is 0 Å². The fraction of sp³-hybridized carbons (Fsp3) is 0.500. The van der Waals surface area contributed by atoms with E-state index in [0.29, 0.717) is 12.0 Å². The van der Waals surface area contributed by atoms with Gasteiger partial charge >= 0.3 is 18.2 Å². The van der Waals surface area contributed by atoms with E-state index in [0.717, 1.165) is 4.90 Å². The number of alkyl carbamates (subject to hydrolysis) is 1. The van der Waals surface area contributed by atoms with Crippen molar-refractivity contribution in [1.82, 2.24) is 10.2 Å². The summed E-state index contributed by atoms with van der Waals surface area (Å²) in [6, 6.07) is 7.95. The number of piperidine rings is 1. The van der Waals surface area contributed by atoms with Crippen molar-refractivity contribution in [3.05, 3.63) is 35.9 Å². The lowest BCUT2D eigenvalue weighted by Gasteiger charge is -2.36. The van der Waals surface area contributed by atoms with Crippen LogP contribution in [0.2, 0.25) is 0 Å². The predicted octanol–water partition coefficient (Wildman–Crippen LogP) is 2.49. The molecule has 0 bridgehead atoms. The Hall–Kier alpha value is -2.77.